The third-order valence-corrected chi connectivity index (χ3v) is 3.50. The van der Waals surface area contributed by atoms with Crippen LogP contribution in [0.3, 0.4) is 0 Å². The molecule has 7 heteroatoms. The highest BCUT2D eigenvalue weighted by Crippen LogP contribution is 2.29. The van der Waals surface area contributed by atoms with Crippen molar-refractivity contribution in [2.75, 3.05) is 5.33 Å². The molecule has 0 aliphatic carbocycles. The SMILES string of the molecule is O=C(CBr)c1cc(Cl)cc([N+](=O)[O-])c1I. The van der Waals surface area contributed by atoms with E-state index in [0.29, 0.717) is 3.57 Å². The number of Topliss-reactive ketones (excluding diaryl/α,β-unsaturated/α-hetero) is 1. The van der Waals surface area contributed by atoms with Crippen molar-refractivity contribution in [1.82, 2.24) is 0 Å². The minimum absolute atomic E-state index is 0.112. The van der Waals surface area contributed by atoms with Crippen LogP contribution in [0.5, 0.6) is 0 Å². The molecule has 0 heterocycles. The molecule has 0 fully saturated rings. The van der Waals surface area contributed by atoms with E-state index < -0.39 is 4.92 Å². The van der Waals surface area contributed by atoms with E-state index in [2.05, 4.69) is 15.9 Å². The summed E-state index contributed by atoms with van der Waals surface area (Å²) in [6.07, 6.45) is 0. The number of alkyl halides is 1. The van der Waals surface area contributed by atoms with E-state index in [1.165, 1.54) is 12.1 Å². The number of carbonyl (C=O) groups excluding carboxylic acids is 1. The highest BCUT2D eigenvalue weighted by Gasteiger charge is 2.20. The number of ketones is 1. The quantitative estimate of drug-likeness (QED) is 0.255. The predicted octanol–water partition coefficient (Wildman–Crippen LogP) is 3.43. The summed E-state index contributed by atoms with van der Waals surface area (Å²) >= 11 is 10.5. The lowest BCUT2D eigenvalue weighted by atomic mass is 10.1. The molecule has 0 saturated heterocycles. The van der Waals surface area contributed by atoms with E-state index in [0.717, 1.165) is 0 Å². The van der Waals surface area contributed by atoms with Crippen LogP contribution in [-0.4, -0.2) is 16.0 Å². The molecule has 0 aliphatic rings. The smallest absolute Gasteiger partial charge is 0.284 e. The standard InChI is InChI=1S/C8H4BrClINO3/c9-3-7(13)5-1-4(10)2-6(8(5)11)12(14)15/h1-2H,3H2. The van der Waals surface area contributed by atoms with Crippen LogP contribution in [0.25, 0.3) is 0 Å². The summed E-state index contributed by atoms with van der Waals surface area (Å²) in [5.41, 5.74) is 0.124. The maximum atomic E-state index is 11.4. The van der Waals surface area contributed by atoms with Gasteiger partial charge in [-0.3, -0.25) is 14.9 Å². The molecule has 4 nitrogen and oxygen atoms in total. The summed E-state index contributed by atoms with van der Waals surface area (Å²) in [7, 11) is 0. The molecule has 1 aromatic rings. The van der Waals surface area contributed by atoms with E-state index in [9.17, 15) is 14.9 Å². The molecular formula is C8H4BrClINO3. The minimum Gasteiger partial charge on any atom is -0.293 e. The fraction of sp³-hybridized carbons (Fsp3) is 0.125. The zero-order valence-electron chi connectivity index (χ0n) is 7.17. The Morgan fingerprint density at radius 2 is 2.20 bits per heavy atom. The number of carbonyl (C=O) groups is 1. The summed E-state index contributed by atoms with van der Waals surface area (Å²) in [5, 5.41) is 11.0. The number of halogens is 3. The molecule has 1 aromatic carbocycles. The summed E-state index contributed by atoms with van der Waals surface area (Å²) in [5.74, 6) is -0.231. The van der Waals surface area contributed by atoms with Crippen LogP contribution in [0, 0.1) is 13.7 Å². The van der Waals surface area contributed by atoms with Gasteiger partial charge >= 0.3 is 0 Å². The number of benzene rings is 1. The third-order valence-electron chi connectivity index (χ3n) is 1.64. The first kappa shape index (κ1) is 12.9. The highest BCUT2D eigenvalue weighted by atomic mass is 127. The van der Waals surface area contributed by atoms with E-state index >= 15 is 0 Å². The largest absolute Gasteiger partial charge is 0.293 e. The molecule has 0 bridgehead atoms. The number of nitrogens with zero attached hydrogens (tertiary/aromatic N) is 1. The lowest BCUT2D eigenvalue weighted by Crippen LogP contribution is -2.05. The van der Waals surface area contributed by atoms with Gasteiger partial charge in [-0.15, -0.1) is 0 Å². The van der Waals surface area contributed by atoms with Gasteiger partial charge in [0.25, 0.3) is 5.69 Å². The van der Waals surface area contributed by atoms with Gasteiger partial charge in [0.2, 0.25) is 0 Å². The van der Waals surface area contributed by atoms with E-state index in [-0.39, 0.29) is 27.4 Å². The Balaban J connectivity index is 3.41. The van der Waals surface area contributed by atoms with E-state index in [4.69, 9.17) is 11.6 Å². The minimum atomic E-state index is -0.557. The zero-order chi connectivity index (χ0) is 11.6. The van der Waals surface area contributed by atoms with Crippen molar-refractivity contribution in [3.05, 3.63) is 36.4 Å². The lowest BCUT2D eigenvalue weighted by molar-refractivity contribution is -0.385. The normalized spacial score (nSPS) is 10.1. The second kappa shape index (κ2) is 5.22. The van der Waals surface area contributed by atoms with Crippen molar-refractivity contribution >= 4 is 61.6 Å². The lowest BCUT2D eigenvalue weighted by Gasteiger charge is -2.03. The van der Waals surface area contributed by atoms with Crippen molar-refractivity contribution < 1.29 is 9.72 Å². The second-order valence-electron chi connectivity index (χ2n) is 2.60. The second-order valence-corrected chi connectivity index (χ2v) is 4.68. The topological polar surface area (TPSA) is 60.2 Å². The Labute approximate surface area is 112 Å². The summed E-state index contributed by atoms with van der Waals surface area (Å²) in [6, 6.07) is 2.66. The number of nitro benzene ring substituents is 1. The Kier molecular flexibility index (Phi) is 4.47. The van der Waals surface area contributed by atoms with Gasteiger partial charge in [0, 0.05) is 16.7 Å². The maximum absolute atomic E-state index is 11.4. The molecule has 1 rings (SSSR count). The van der Waals surface area contributed by atoms with Crippen LogP contribution in [0.2, 0.25) is 5.02 Å². The van der Waals surface area contributed by atoms with Crippen molar-refractivity contribution in [3.63, 3.8) is 0 Å². The Morgan fingerprint density at radius 1 is 1.60 bits per heavy atom. The number of hydrogen-bond donors (Lipinski definition) is 0. The van der Waals surface area contributed by atoms with Crippen molar-refractivity contribution in [2.24, 2.45) is 0 Å². The fourth-order valence-corrected chi connectivity index (χ4v) is 2.31. The molecule has 0 spiro atoms. The molecule has 0 radical (unpaired) electrons. The number of nitro groups is 1. The molecule has 0 amide bonds. The number of rotatable bonds is 3. The molecule has 0 atom stereocenters. The van der Waals surface area contributed by atoms with Gasteiger partial charge in [0.15, 0.2) is 5.78 Å². The highest BCUT2D eigenvalue weighted by molar-refractivity contribution is 14.1. The molecule has 0 unspecified atom stereocenters. The van der Waals surface area contributed by atoms with Gasteiger partial charge in [0.1, 0.15) is 3.57 Å². The molecule has 0 saturated carbocycles. The molecule has 15 heavy (non-hydrogen) atoms. The first-order valence-corrected chi connectivity index (χ1v) is 6.27. The van der Waals surface area contributed by atoms with Crippen LogP contribution >= 0.6 is 50.1 Å². The zero-order valence-corrected chi connectivity index (χ0v) is 11.7. The Hall–Kier alpha value is -0.210. The van der Waals surface area contributed by atoms with Crippen LogP contribution in [0.1, 0.15) is 10.4 Å². The summed E-state index contributed by atoms with van der Waals surface area (Å²) < 4.78 is 0.312. The fourth-order valence-electron chi connectivity index (χ4n) is 0.983. The van der Waals surface area contributed by atoms with Crippen LogP contribution in [0.15, 0.2) is 12.1 Å². The molecule has 80 valence electrons. The van der Waals surface area contributed by atoms with Crippen LogP contribution in [0.4, 0.5) is 5.69 Å². The third kappa shape index (κ3) is 2.88. The van der Waals surface area contributed by atoms with Crippen molar-refractivity contribution in [2.45, 2.75) is 0 Å². The predicted molar refractivity (Wildman–Crippen MR) is 68.9 cm³/mol. The molecule has 0 aliphatic heterocycles. The van der Waals surface area contributed by atoms with Gasteiger partial charge in [0.05, 0.1) is 10.3 Å². The number of hydrogen-bond acceptors (Lipinski definition) is 3. The Bertz CT molecular complexity index is 438. The van der Waals surface area contributed by atoms with Gasteiger partial charge in [-0.05, 0) is 28.7 Å². The van der Waals surface area contributed by atoms with Gasteiger partial charge in [-0.25, -0.2) is 0 Å². The molecule has 0 aromatic heterocycles. The van der Waals surface area contributed by atoms with Gasteiger partial charge < -0.3 is 0 Å². The van der Waals surface area contributed by atoms with E-state index in [1.807, 2.05) is 0 Å². The van der Waals surface area contributed by atoms with Crippen LogP contribution < -0.4 is 0 Å². The first-order valence-electron chi connectivity index (χ1n) is 3.70. The van der Waals surface area contributed by atoms with E-state index in [1.54, 1.807) is 22.6 Å². The summed E-state index contributed by atoms with van der Waals surface area (Å²) in [6.45, 7) is 0. The molecule has 0 N–H and O–H groups in total. The average molecular weight is 404 g/mol. The van der Waals surface area contributed by atoms with Crippen molar-refractivity contribution in [3.8, 4) is 0 Å². The summed E-state index contributed by atoms with van der Waals surface area (Å²) in [4.78, 5) is 21.5. The maximum Gasteiger partial charge on any atom is 0.284 e. The van der Waals surface area contributed by atoms with Gasteiger partial charge in [-0.1, -0.05) is 27.5 Å². The monoisotopic (exact) mass is 403 g/mol. The first-order chi connectivity index (χ1) is 6.97. The average Bonchev–Trinajstić information content (AvgIpc) is 2.19. The van der Waals surface area contributed by atoms with Crippen LogP contribution in [-0.2, 0) is 0 Å². The van der Waals surface area contributed by atoms with Gasteiger partial charge in [-0.2, -0.15) is 0 Å². The molecular weight excluding hydrogens is 400 g/mol. The Morgan fingerprint density at radius 3 is 2.67 bits per heavy atom. The van der Waals surface area contributed by atoms with Crippen molar-refractivity contribution in [1.29, 1.82) is 0 Å².